The summed E-state index contributed by atoms with van der Waals surface area (Å²) in [6.45, 7) is 2.97. The largest absolute Gasteiger partial charge is 0.396 e. The van der Waals surface area contributed by atoms with Crippen LogP contribution in [-0.2, 0) is 0 Å². The molecule has 0 heterocycles. The zero-order valence-corrected chi connectivity index (χ0v) is 4.72. The van der Waals surface area contributed by atoms with Crippen LogP contribution in [0.1, 0.15) is 13.3 Å². The highest BCUT2D eigenvalue weighted by molar-refractivity contribution is 4.49. The van der Waals surface area contributed by atoms with Gasteiger partial charge in [0.1, 0.15) is 0 Å². The fraction of sp³-hybridized carbons (Fsp3) is 1.00. The molecule has 1 unspecified atom stereocenters. The van der Waals surface area contributed by atoms with Gasteiger partial charge in [0.2, 0.25) is 0 Å². The van der Waals surface area contributed by atoms with E-state index in [1.807, 2.05) is 6.92 Å². The number of nitrogens with two attached hydrogens (primary N) is 1. The van der Waals surface area contributed by atoms with Crippen LogP contribution in [0.2, 0.25) is 0 Å². The van der Waals surface area contributed by atoms with Gasteiger partial charge >= 0.3 is 0 Å². The maximum atomic E-state index is 8.31. The highest BCUT2D eigenvalue weighted by atomic mass is 16.3. The molecule has 2 nitrogen and oxygen atoms in total. The molecule has 3 N–H and O–H groups in total. The minimum Gasteiger partial charge on any atom is -0.396 e. The first-order valence-corrected chi connectivity index (χ1v) is 2.62. The van der Waals surface area contributed by atoms with Gasteiger partial charge in [-0.2, -0.15) is 0 Å². The number of hydrogen-bond donors (Lipinski definition) is 2. The molecule has 0 aromatic heterocycles. The van der Waals surface area contributed by atoms with Crippen molar-refractivity contribution in [3.8, 4) is 0 Å². The first kappa shape index (κ1) is 6.92. The maximum Gasteiger partial charge on any atom is 0.0434 e. The second-order valence-corrected chi connectivity index (χ2v) is 1.85. The molecule has 0 aliphatic rings. The summed E-state index contributed by atoms with van der Waals surface area (Å²) >= 11 is 0. The van der Waals surface area contributed by atoms with E-state index < -0.39 is 0 Å². The van der Waals surface area contributed by atoms with Crippen molar-refractivity contribution in [3.05, 3.63) is 0 Å². The second kappa shape index (κ2) is 4.09. The Bertz CT molecular complexity index is 39.1. The van der Waals surface area contributed by atoms with Gasteiger partial charge in [-0.25, -0.2) is 0 Å². The monoisotopic (exact) mass is 103 g/mol. The van der Waals surface area contributed by atoms with E-state index in [4.69, 9.17) is 10.8 Å². The minimum absolute atomic E-state index is 0.262. The zero-order valence-electron chi connectivity index (χ0n) is 4.72. The molecule has 2 heteroatoms. The number of hydrogen-bond acceptors (Lipinski definition) is 2. The third-order valence-corrected chi connectivity index (χ3v) is 1.02. The first-order chi connectivity index (χ1) is 3.31. The normalized spacial score (nSPS) is 14.1. The van der Waals surface area contributed by atoms with E-state index in [0.717, 1.165) is 6.42 Å². The van der Waals surface area contributed by atoms with Gasteiger partial charge in [0.15, 0.2) is 0 Å². The quantitative estimate of drug-likeness (QED) is 0.526. The maximum absolute atomic E-state index is 8.31. The fourth-order valence-corrected chi connectivity index (χ4v) is 0.338. The summed E-state index contributed by atoms with van der Waals surface area (Å²) in [5.41, 5.74) is 5.25. The Morgan fingerprint density at radius 3 is 2.43 bits per heavy atom. The third-order valence-electron chi connectivity index (χ3n) is 1.02. The standard InChI is InChI=1S/C5H13NO/c1-5(4-6)2-3-7/h5,7H,2-4,6H2,1H3. The van der Waals surface area contributed by atoms with Crippen LogP contribution in [0.5, 0.6) is 0 Å². The van der Waals surface area contributed by atoms with Crippen LogP contribution in [0.25, 0.3) is 0 Å². The van der Waals surface area contributed by atoms with Crippen molar-refractivity contribution in [2.24, 2.45) is 11.7 Å². The molecule has 0 aromatic carbocycles. The van der Waals surface area contributed by atoms with Gasteiger partial charge in [-0.15, -0.1) is 0 Å². The predicted octanol–water partition coefficient (Wildman–Crippen LogP) is -0.0364. The van der Waals surface area contributed by atoms with E-state index in [2.05, 4.69) is 0 Å². The lowest BCUT2D eigenvalue weighted by molar-refractivity contribution is 0.264. The molecule has 0 bridgehead atoms. The van der Waals surface area contributed by atoms with E-state index in [1.54, 1.807) is 0 Å². The number of aliphatic hydroxyl groups excluding tert-OH is 1. The first-order valence-electron chi connectivity index (χ1n) is 2.62. The smallest absolute Gasteiger partial charge is 0.0434 e. The molecule has 0 aliphatic carbocycles. The van der Waals surface area contributed by atoms with Gasteiger partial charge < -0.3 is 10.8 Å². The Kier molecular flexibility index (Phi) is 4.04. The minimum atomic E-state index is 0.262. The molecule has 0 saturated heterocycles. The van der Waals surface area contributed by atoms with E-state index in [1.165, 1.54) is 0 Å². The number of rotatable bonds is 3. The molecule has 0 fully saturated rings. The molecule has 0 saturated carbocycles. The molecule has 0 radical (unpaired) electrons. The molecule has 44 valence electrons. The third kappa shape index (κ3) is 3.76. The molecule has 0 spiro atoms. The van der Waals surface area contributed by atoms with Gasteiger partial charge in [0, 0.05) is 6.61 Å². The molecular weight excluding hydrogens is 90.1 g/mol. The van der Waals surface area contributed by atoms with Gasteiger partial charge in [-0.05, 0) is 18.9 Å². The van der Waals surface area contributed by atoms with Crippen molar-refractivity contribution in [2.45, 2.75) is 13.3 Å². The summed E-state index contributed by atoms with van der Waals surface area (Å²) in [4.78, 5) is 0. The summed E-state index contributed by atoms with van der Waals surface area (Å²) in [6, 6.07) is 0. The summed E-state index contributed by atoms with van der Waals surface area (Å²) in [7, 11) is 0. The molecule has 1 atom stereocenters. The van der Waals surface area contributed by atoms with Crippen LogP contribution in [0.4, 0.5) is 0 Å². The van der Waals surface area contributed by atoms with E-state index in [-0.39, 0.29) is 6.61 Å². The Morgan fingerprint density at radius 2 is 2.29 bits per heavy atom. The summed E-state index contributed by atoms with van der Waals surface area (Å²) < 4.78 is 0. The van der Waals surface area contributed by atoms with E-state index in [0.29, 0.717) is 12.5 Å². The van der Waals surface area contributed by atoms with Crippen LogP contribution in [0.3, 0.4) is 0 Å². The topological polar surface area (TPSA) is 46.2 Å². The van der Waals surface area contributed by atoms with Gasteiger partial charge in [-0.1, -0.05) is 6.92 Å². The lowest BCUT2D eigenvalue weighted by atomic mass is 10.1. The van der Waals surface area contributed by atoms with Crippen LogP contribution < -0.4 is 5.73 Å². The van der Waals surface area contributed by atoms with Gasteiger partial charge in [0.25, 0.3) is 0 Å². The SMILES string of the molecule is CC(CN)CCO. The molecule has 7 heavy (non-hydrogen) atoms. The Labute approximate surface area is 44.3 Å². The molecular formula is C5H13NO. The van der Waals surface area contributed by atoms with Crippen LogP contribution in [-0.4, -0.2) is 18.3 Å². The van der Waals surface area contributed by atoms with Crippen molar-refractivity contribution in [1.29, 1.82) is 0 Å². The van der Waals surface area contributed by atoms with Crippen molar-refractivity contribution in [1.82, 2.24) is 0 Å². The Balaban J connectivity index is 2.83. The highest BCUT2D eigenvalue weighted by Crippen LogP contribution is 1.94. The second-order valence-electron chi connectivity index (χ2n) is 1.85. The molecule has 0 aliphatic heterocycles. The van der Waals surface area contributed by atoms with Gasteiger partial charge in [-0.3, -0.25) is 0 Å². The van der Waals surface area contributed by atoms with Crippen LogP contribution in [0.15, 0.2) is 0 Å². The zero-order chi connectivity index (χ0) is 5.70. The van der Waals surface area contributed by atoms with Crippen LogP contribution in [0, 0.1) is 5.92 Å². The molecule has 0 rings (SSSR count). The van der Waals surface area contributed by atoms with Crippen LogP contribution >= 0.6 is 0 Å². The lowest BCUT2D eigenvalue weighted by Crippen LogP contribution is -2.11. The Hall–Kier alpha value is -0.0800. The average Bonchev–Trinajstić information content (AvgIpc) is 1.68. The summed E-state index contributed by atoms with van der Waals surface area (Å²) in [5.74, 6) is 0.477. The molecule has 0 amide bonds. The summed E-state index contributed by atoms with van der Waals surface area (Å²) in [5, 5.41) is 8.31. The molecule has 0 aromatic rings. The highest BCUT2D eigenvalue weighted by Gasteiger charge is 1.93. The van der Waals surface area contributed by atoms with Gasteiger partial charge in [0.05, 0.1) is 0 Å². The predicted molar refractivity (Wildman–Crippen MR) is 29.9 cm³/mol. The van der Waals surface area contributed by atoms with E-state index >= 15 is 0 Å². The van der Waals surface area contributed by atoms with Crippen molar-refractivity contribution < 1.29 is 5.11 Å². The fourth-order valence-electron chi connectivity index (χ4n) is 0.338. The summed E-state index contributed by atoms with van der Waals surface area (Å²) in [6.07, 6.45) is 0.830. The number of aliphatic hydroxyl groups is 1. The van der Waals surface area contributed by atoms with Crippen molar-refractivity contribution in [2.75, 3.05) is 13.2 Å². The van der Waals surface area contributed by atoms with E-state index in [9.17, 15) is 0 Å². The Morgan fingerprint density at radius 1 is 1.71 bits per heavy atom. The van der Waals surface area contributed by atoms with Crippen molar-refractivity contribution in [3.63, 3.8) is 0 Å². The lowest BCUT2D eigenvalue weighted by Gasteiger charge is -2.02. The average molecular weight is 103 g/mol. The van der Waals surface area contributed by atoms with Crippen molar-refractivity contribution >= 4 is 0 Å².